The number of carbonyl (C=O) groups excluding carboxylic acids is 2. The van der Waals surface area contributed by atoms with Crippen molar-refractivity contribution >= 4 is 67.5 Å². The number of thioether (sulfide) groups is 1. The fraction of sp³-hybridized carbons (Fsp3) is 0.435. The number of fused-ring (bicyclic) bond motifs is 1. The van der Waals surface area contributed by atoms with E-state index in [0.29, 0.717) is 43.8 Å². The van der Waals surface area contributed by atoms with Gasteiger partial charge in [0.25, 0.3) is 11.5 Å². The van der Waals surface area contributed by atoms with Crippen LogP contribution in [0.25, 0.3) is 11.7 Å². The monoisotopic (exact) mass is 547 g/mol. The number of amides is 2. The van der Waals surface area contributed by atoms with Gasteiger partial charge in [-0.1, -0.05) is 30.0 Å². The SMILES string of the molecule is Cc1cccn2c(=O)c(C=C3SC(=S)N(C4CCS(=O)(=O)C4)C3=O)c(N3CCC(C(N)=O)CC3)nc12. The minimum Gasteiger partial charge on any atom is -0.369 e. The lowest BCUT2D eigenvalue weighted by molar-refractivity contribution is -0.123. The molecule has 2 N–H and O–H groups in total. The molecule has 0 bridgehead atoms. The Bertz CT molecular complexity index is 1490. The van der Waals surface area contributed by atoms with Gasteiger partial charge in [-0.3, -0.25) is 23.7 Å². The van der Waals surface area contributed by atoms with Crippen LogP contribution in [0.1, 0.15) is 30.4 Å². The molecule has 5 rings (SSSR count). The standard InChI is InChI=1S/C23H25N5O5S3/c1-13-3-2-7-27-19(13)25-20(26-8-4-14(5-9-26)18(24)29)16(21(27)30)11-17-22(31)28(23(34)35-17)15-6-10-36(32,33)12-15/h2-3,7,11,14-15H,4-6,8-10,12H2,1H3,(H2,24,29). The first-order valence-electron chi connectivity index (χ1n) is 11.6. The van der Waals surface area contributed by atoms with Crippen LogP contribution in [0.2, 0.25) is 0 Å². The summed E-state index contributed by atoms with van der Waals surface area (Å²) in [6.45, 7) is 2.85. The van der Waals surface area contributed by atoms with E-state index < -0.39 is 21.8 Å². The number of aromatic nitrogens is 2. The Morgan fingerprint density at radius 2 is 1.97 bits per heavy atom. The molecule has 0 saturated carbocycles. The van der Waals surface area contributed by atoms with E-state index in [4.69, 9.17) is 22.9 Å². The predicted octanol–water partition coefficient (Wildman–Crippen LogP) is 1.09. The summed E-state index contributed by atoms with van der Waals surface area (Å²) < 4.78 is 25.7. The van der Waals surface area contributed by atoms with Crippen LogP contribution in [0, 0.1) is 12.8 Å². The van der Waals surface area contributed by atoms with Crippen molar-refractivity contribution in [3.05, 3.63) is 44.7 Å². The van der Waals surface area contributed by atoms with E-state index >= 15 is 0 Å². The molecule has 2 aromatic heterocycles. The van der Waals surface area contributed by atoms with Crippen molar-refractivity contribution in [2.45, 2.75) is 32.2 Å². The number of thiocarbonyl (C=S) groups is 1. The molecule has 3 saturated heterocycles. The van der Waals surface area contributed by atoms with Crippen molar-refractivity contribution in [3.63, 3.8) is 0 Å². The Balaban J connectivity index is 1.57. The largest absolute Gasteiger partial charge is 0.369 e. The van der Waals surface area contributed by atoms with Gasteiger partial charge in [0.2, 0.25) is 5.91 Å². The number of carbonyl (C=O) groups is 2. The van der Waals surface area contributed by atoms with Crippen molar-refractivity contribution < 1.29 is 18.0 Å². The van der Waals surface area contributed by atoms with Crippen LogP contribution in [-0.4, -0.2) is 69.5 Å². The molecule has 3 fully saturated rings. The summed E-state index contributed by atoms with van der Waals surface area (Å²) in [4.78, 5) is 47.0. The zero-order valence-corrected chi connectivity index (χ0v) is 22.0. The van der Waals surface area contributed by atoms with Crippen molar-refractivity contribution in [2.75, 3.05) is 29.5 Å². The summed E-state index contributed by atoms with van der Waals surface area (Å²) in [5.74, 6) is -0.632. The number of nitrogens with zero attached hydrogens (tertiary/aromatic N) is 4. The molecule has 3 aliphatic heterocycles. The Morgan fingerprint density at radius 3 is 2.61 bits per heavy atom. The molecule has 0 aliphatic carbocycles. The number of pyridine rings is 1. The third-order valence-corrected chi connectivity index (χ3v) is 10.0. The van der Waals surface area contributed by atoms with Crippen LogP contribution in [0.3, 0.4) is 0 Å². The first-order chi connectivity index (χ1) is 17.1. The maximum atomic E-state index is 13.6. The number of aryl methyl sites for hydroxylation is 1. The van der Waals surface area contributed by atoms with Crippen molar-refractivity contribution in [1.29, 1.82) is 0 Å². The molecule has 0 radical (unpaired) electrons. The van der Waals surface area contributed by atoms with E-state index in [1.165, 1.54) is 15.4 Å². The van der Waals surface area contributed by atoms with E-state index in [0.717, 1.165) is 17.3 Å². The lowest BCUT2D eigenvalue weighted by Crippen LogP contribution is -2.40. The number of hydrogen-bond acceptors (Lipinski definition) is 9. The Morgan fingerprint density at radius 1 is 1.25 bits per heavy atom. The summed E-state index contributed by atoms with van der Waals surface area (Å²) in [5.41, 5.74) is 6.74. The van der Waals surface area contributed by atoms with E-state index in [1.54, 1.807) is 12.3 Å². The lowest BCUT2D eigenvalue weighted by atomic mass is 9.96. The van der Waals surface area contributed by atoms with E-state index in [-0.39, 0.29) is 43.7 Å². The van der Waals surface area contributed by atoms with Gasteiger partial charge in [-0.2, -0.15) is 0 Å². The van der Waals surface area contributed by atoms with Gasteiger partial charge in [0.05, 0.1) is 28.0 Å². The Kier molecular flexibility index (Phi) is 6.41. The van der Waals surface area contributed by atoms with Gasteiger partial charge in [-0.25, -0.2) is 13.4 Å². The van der Waals surface area contributed by atoms with Crippen LogP contribution < -0.4 is 16.2 Å². The van der Waals surface area contributed by atoms with Gasteiger partial charge in [0, 0.05) is 25.2 Å². The summed E-state index contributed by atoms with van der Waals surface area (Å²) in [6, 6.07) is 3.12. The highest BCUT2D eigenvalue weighted by atomic mass is 32.2. The fourth-order valence-electron chi connectivity index (χ4n) is 4.95. The minimum absolute atomic E-state index is 0.0223. The number of primary amides is 1. The summed E-state index contributed by atoms with van der Waals surface area (Å²) >= 11 is 6.48. The molecule has 1 atom stereocenters. The van der Waals surface area contributed by atoms with Gasteiger partial charge in [0.15, 0.2) is 9.84 Å². The van der Waals surface area contributed by atoms with E-state index in [1.807, 2.05) is 17.9 Å². The van der Waals surface area contributed by atoms with E-state index in [9.17, 15) is 22.8 Å². The third kappa shape index (κ3) is 4.43. The maximum absolute atomic E-state index is 13.6. The second-order valence-electron chi connectivity index (χ2n) is 9.31. The predicted molar refractivity (Wildman–Crippen MR) is 142 cm³/mol. The van der Waals surface area contributed by atoms with Crippen molar-refractivity contribution in [2.24, 2.45) is 11.7 Å². The van der Waals surface area contributed by atoms with E-state index in [2.05, 4.69) is 0 Å². The van der Waals surface area contributed by atoms with Gasteiger partial charge < -0.3 is 10.6 Å². The van der Waals surface area contributed by atoms with Crippen LogP contribution >= 0.6 is 24.0 Å². The van der Waals surface area contributed by atoms with Crippen molar-refractivity contribution in [1.82, 2.24) is 14.3 Å². The summed E-state index contributed by atoms with van der Waals surface area (Å²) in [5, 5.41) is 0. The minimum atomic E-state index is -3.21. The highest BCUT2D eigenvalue weighted by Crippen LogP contribution is 2.37. The smallest absolute Gasteiger partial charge is 0.267 e. The topological polar surface area (TPSA) is 135 Å². The molecule has 190 valence electrons. The van der Waals surface area contributed by atoms with Gasteiger partial charge >= 0.3 is 0 Å². The first-order valence-corrected chi connectivity index (χ1v) is 14.6. The zero-order chi connectivity index (χ0) is 25.8. The molecule has 36 heavy (non-hydrogen) atoms. The lowest BCUT2D eigenvalue weighted by Gasteiger charge is -2.32. The summed E-state index contributed by atoms with van der Waals surface area (Å²) in [6.07, 6.45) is 4.57. The fourth-order valence-corrected chi connectivity index (χ4v) is 8.03. The molecule has 2 amide bonds. The van der Waals surface area contributed by atoms with Crippen LogP contribution in [0.5, 0.6) is 0 Å². The zero-order valence-electron chi connectivity index (χ0n) is 19.5. The van der Waals surface area contributed by atoms with Gasteiger partial charge in [0.1, 0.15) is 15.8 Å². The number of hydrogen-bond donors (Lipinski definition) is 1. The van der Waals surface area contributed by atoms with Crippen LogP contribution in [0.4, 0.5) is 5.82 Å². The van der Waals surface area contributed by atoms with Crippen LogP contribution in [-0.2, 0) is 19.4 Å². The quantitative estimate of drug-likeness (QED) is 0.441. The molecule has 0 aromatic carbocycles. The normalized spacial score (nSPS) is 23.8. The van der Waals surface area contributed by atoms with Gasteiger partial charge in [-0.05, 0) is 43.9 Å². The molecule has 13 heteroatoms. The van der Waals surface area contributed by atoms with Gasteiger partial charge in [-0.15, -0.1) is 0 Å². The molecular weight excluding hydrogens is 522 g/mol. The number of nitrogens with two attached hydrogens (primary N) is 1. The van der Waals surface area contributed by atoms with Crippen molar-refractivity contribution in [3.8, 4) is 0 Å². The second-order valence-corrected chi connectivity index (χ2v) is 13.2. The molecule has 5 heterocycles. The highest BCUT2D eigenvalue weighted by Gasteiger charge is 2.42. The molecule has 1 unspecified atom stereocenters. The third-order valence-electron chi connectivity index (χ3n) is 6.93. The Hall–Kier alpha value is -2.77. The molecular formula is C23H25N5O5S3. The number of anilines is 1. The highest BCUT2D eigenvalue weighted by molar-refractivity contribution is 8.26. The first kappa shape index (κ1) is 24.9. The average Bonchev–Trinajstić information content (AvgIpc) is 3.32. The summed E-state index contributed by atoms with van der Waals surface area (Å²) in [7, 11) is -3.21. The molecule has 10 nitrogen and oxygen atoms in total. The Labute approximate surface area is 217 Å². The maximum Gasteiger partial charge on any atom is 0.267 e. The molecule has 3 aliphatic rings. The molecule has 0 spiro atoms. The second kappa shape index (κ2) is 9.27. The number of rotatable bonds is 4. The van der Waals surface area contributed by atoms with Crippen LogP contribution in [0.15, 0.2) is 28.0 Å². The average molecular weight is 548 g/mol. The molecule has 2 aromatic rings. The number of sulfone groups is 1. The number of piperidine rings is 1.